The van der Waals surface area contributed by atoms with Crippen molar-refractivity contribution in [1.82, 2.24) is 4.98 Å². The van der Waals surface area contributed by atoms with E-state index in [9.17, 15) is 18.3 Å². The third-order valence-corrected chi connectivity index (χ3v) is 3.83. The standard InChI is InChI=1S/C13H10N4O5S/c1-7-8(6-14)12(18)15-13(19)11(7)17-16-9-4-2-3-5-10(9)23(20,21)22/h2-5H,1H3,(H2,15,18,19)(H,20,21,22). The Hall–Kier alpha value is -3.03. The molecule has 9 nitrogen and oxygen atoms in total. The van der Waals surface area contributed by atoms with Crippen LogP contribution in [0.2, 0.25) is 0 Å². The first kappa shape index (κ1) is 16.3. The maximum absolute atomic E-state index is 11.8. The largest absolute Gasteiger partial charge is 0.494 e. The first-order valence-electron chi connectivity index (χ1n) is 6.10. The number of benzene rings is 1. The number of hydrogen-bond acceptors (Lipinski definition) is 7. The molecule has 0 fully saturated rings. The van der Waals surface area contributed by atoms with Gasteiger partial charge in [0.15, 0.2) is 5.69 Å². The summed E-state index contributed by atoms with van der Waals surface area (Å²) in [5.41, 5.74) is -1.33. The van der Waals surface area contributed by atoms with Crippen molar-refractivity contribution in [2.24, 2.45) is 10.2 Å². The molecule has 0 saturated carbocycles. The molecule has 0 aliphatic heterocycles. The Morgan fingerprint density at radius 1 is 1.26 bits per heavy atom. The van der Waals surface area contributed by atoms with E-state index in [4.69, 9.17) is 9.81 Å². The number of pyridine rings is 1. The molecule has 0 atom stereocenters. The maximum atomic E-state index is 11.8. The summed E-state index contributed by atoms with van der Waals surface area (Å²) in [6, 6.07) is 6.96. The second-order valence-electron chi connectivity index (χ2n) is 4.41. The fourth-order valence-corrected chi connectivity index (χ4v) is 2.44. The molecule has 2 aromatic rings. The molecule has 0 amide bonds. The number of H-pyrrole nitrogens is 1. The molecule has 1 aromatic heterocycles. The Labute approximate surface area is 130 Å². The second-order valence-corrected chi connectivity index (χ2v) is 5.80. The minimum atomic E-state index is -4.51. The maximum Gasteiger partial charge on any atom is 0.296 e. The van der Waals surface area contributed by atoms with Crippen LogP contribution < -0.4 is 5.56 Å². The van der Waals surface area contributed by atoms with Crippen molar-refractivity contribution in [3.05, 3.63) is 45.7 Å². The molecule has 0 bridgehead atoms. The molecule has 0 saturated heterocycles. The Kier molecular flexibility index (Phi) is 4.26. The Morgan fingerprint density at radius 2 is 1.91 bits per heavy atom. The zero-order chi connectivity index (χ0) is 17.2. The van der Waals surface area contributed by atoms with Crippen molar-refractivity contribution in [3.8, 4) is 11.9 Å². The molecule has 0 unspecified atom stereocenters. The molecule has 23 heavy (non-hydrogen) atoms. The van der Waals surface area contributed by atoms with Gasteiger partial charge in [-0.05, 0) is 19.1 Å². The minimum Gasteiger partial charge on any atom is -0.494 e. The predicted octanol–water partition coefficient (Wildman–Crippen LogP) is 1.92. The van der Waals surface area contributed by atoms with Crippen LogP contribution in [0.5, 0.6) is 5.88 Å². The summed E-state index contributed by atoms with van der Waals surface area (Å²) in [5, 5.41) is 25.7. The zero-order valence-corrected chi connectivity index (χ0v) is 12.5. The molecule has 0 spiro atoms. The van der Waals surface area contributed by atoms with Crippen LogP contribution >= 0.6 is 0 Å². The Morgan fingerprint density at radius 3 is 2.52 bits per heavy atom. The van der Waals surface area contributed by atoms with Crippen molar-refractivity contribution >= 4 is 21.5 Å². The van der Waals surface area contributed by atoms with Crippen molar-refractivity contribution in [2.45, 2.75) is 11.8 Å². The first-order valence-corrected chi connectivity index (χ1v) is 7.54. The SMILES string of the molecule is Cc1c(C#N)c(O)[nH]c(=O)c1N=Nc1ccccc1S(=O)(=O)O. The highest BCUT2D eigenvalue weighted by Gasteiger charge is 2.16. The van der Waals surface area contributed by atoms with Crippen LogP contribution in [0.4, 0.5) is 11.4 Å². The third-order valence-electron chi connectivity index (χ3n) is 2.93. The van der Waals surface area contributed by atoms with Crippen molar-refractivity contribution in [1.29, 1.82) is 5.26 Å². The molecule has 2 rings (SSSR count). The van der Waals surface area contributed by atoms with Gasteiger partial charge >= 0.3 is 0 Å². The molecular weight excluding hydrogens is 324 g/mol. The van der Waals surface area contributed by atoms with E-state index in [0.29, 0.717) is 0 Å². The van der Waals surface area contributed by atoms with Gasteiger partial charge in [-0.25, -0.2) is 0 Å². The zero-order valence-electron chi connectivity index (χ0n) is 11.7. The predicted molar refractivity (Wildman–Crippen MR) is 78.6 cm³/mol. The van der Waals surface area contributed by atoms with Crippen LogP contribution in [0.15, 0.2) is 44.2 Å². The number of aromatic nitrogens is 1. The summed E-state index contributed by atoms with van der Waals surface area (Å²) in [7, 11) is -4.51. The number of aromatic amines is 1. The molecule has 118 valence electrons. The van der Waals surface area contributed by atoms with E-state index in [0.717, 1.165) is 6.07 Å². The normalized spacial score (nSPS) is 11.5. The lowest BCUT2D eigenvalue weighted by molar-refractivity contribution is 0.449. The van der Waals surface area contributed by atoms with Gasteiger partial charge in [-0.2, -0.15) is 13.7 Å². The quantitative estimate of drug-likeness (QED) is 0.575. The number of azo groups is 1. The van der Waals surface area contributed by atoms with E-state index in [1.54, 1.807) is 6.07 Å². The fraction of sp³-hybridized carbons (Fsp3) is 0.0769. The van der Waals surface area contributed by atoms with Crippen LogP contribution in [-0.4, -0.2) is 23.1 Å². The molecular formula is C13H10N4O5S. The monoisotopic (exact) mass is 334 g/mol. The number of nitrogens with zero attached hydrogens (tertiary/aromatic N) is 3. The highest BCUT2D eigenvalue weighted by Crippen LogP contribution is 2.27. The van der Waals surface area contributed by atoms with Crippen LogP contribution in [0.25, 0.3) is 0 Å². The second kappa shape index (κ2) is 5.99. The number of aromatic hydroxyl groups is 1. The van der Waals surface area contributed by atoms with Gasteiger partial charge < -0.3 is 5.11 Å². The van der Waals surface area contributed by atoms with Gasteiger partial charge in [0.2, 0.25) is 5.88 Å². The lowest BCUT2D eigenvalue weighted by Crippen LogP contribution is -2.08. The van der Waals surface area contributed by atoms with Gasteiger partial charge in [0, 0.05) is 5.56 Å². The first-order chi connectivity index (χ1) is 10.8. The lowest BCUT2D eigenvalue weighted by atomic mass is 10.1. The van der Waals surface area contributed by atoms with E-state index in [1.165, 1.54) is 25.1 Å². The molecule has 0 aliphatic rings. The summed E-state index contributed by atoms with van der Waals surface area (Å²) in [6.45, 7) is 1.39. The fourth-order valence-electron chi connectivity index (χ4n) is 1.81. The van der Waals surface area contributed by atoms with E-state index >= 15 is 0 Å². The van der Waals surface area contributed by atoms with Gasteiger partial charge in [-0.3, -0.25) is 14.3 Å². The molecule has 0 radical (unpaired) electrons. The molecule has 10 heteroatoms. The molecule has 3 N–H and O–H groups in total. The number of hydrogen-bond donors (Lipinski definition) is 3. The molecule has 0 aliphatic carbocycles. The van der Waals surface area contributed by atoms with E-state index in [-0.39, 0.29) is 22.5 Å². The lowest BCUT2D eigenvalue weighted by Gasteiger charge is -2.03. The topological polar surface area (TPSA) is 156 Å². The smallest absolute Gasteiger partial charge is 0.296 e. The van der Waals surface area contributed by atoms with Gasteiger partial charge in [0.05, 0.1) is 0 Å². The number of rotatable bonds is 3. The summed E-state index contributed by atoms with van der Waals surface area (Å²) < 4.78 is 31.6. The van der Waals surface area contributed by atoms with Crippen molar-refractivity contribution in [3.63, 3.8) is 0 Å². The highest BCUT2D eigenvalue weighted by molar-refractivity contribution is 7.86. The van der Waals surface area contributed by atoms with Gasteiger partial charge in [0.1, 0.15) is 22.2 Å². The Balaban J connectivity index is 2.61. The summed E-state index contributed by atoms with van der Waals surface area (Å²) in [6.07, 6.45) is 0. The Bertz CT molecular complexity index is 1000. The summed E-state index contributed by atoms with van der Waals surface area (Å²) in [5.74, 6) is -0.590. The van der Waals surface area contributed by atoms with Gasteiger partial charge in [0.25, 0.3) is 15.7 Å². The van der Waals surface area contributed by atoms with Crippen LogP contribution in [0, 0.1) is 18.3 Å². The van der Waals surface area contributed by atoms with Gasteiger partial charge in [-0.15, -0.1) is 10.2 Å². The van der Waals surface area contributed by atoms with E-state index in [1.807, 2.05) is 4.98 Å². The van der Waals surface area contributed by atoms with Crippen LogP contribution in [0.3, 0.4) is 0 Å². The van der Waals surface area contributed by atoms with Gasteiger partial charge in [-0.1, -0.05) is 12.1 Å². The van der Waals surface area contributed by atoms with Crippen LogP contribution in [-0.2, 0) is 10.1 Å². The van der Waals surface area contributed by atoms with Crippen molar-refractivity contribution in [2.75, 3.05) is 0 Å². The third kappa shape index (κ3) is 3.25. The van der Waals surface area contributed by atoms with E-state index in [2.05, 4.69) is 10.2 Å². The minimum absolute atomic E-state index is 0.0850. The average molecular weight is 334 g/mol. The molecule has 1 heterocycles. The highest BCUT2D eigenvalue weighted by atomic mass is 32.2. The number of nitriles is 1. The number of nitrogens with one attached hydrogen (secondary N) is 1. The molecule has 1 aromatic carbocycles. The van der Waals surface area contributed by atoms with Crippen LogP contribution in [0.1, 0.15) is 11.1 Å². The summed E-state index contributed by atoms with van der Waals surface area (Å²) >= 11 is 0. The van der Waals surface area contributed by atoms with Crippen molar-refractivity contribution < 1.29 is 18.1 Å². The van der Waals surface area contributed by atoms with E-state index < -0.39 is 26.5 Å². The average Bonchev–Trinajstić information content (AvgIpc) is 2.46. The summed E-state index contributed by atoms with van der Waals surface area (Å²) in [4.78, 5) is 13.3.